The van der Waals surface area contributed by atoms with Crippen LogP contribution in [0.2, 0.25) is 0 Å². The maximum absolute atomic E-state index is 13.8. The SMILES string of the molecule is FC(F)(F)N(c1ccc2ccccc2c1)c1ccc2ccccc2c1. The van der Waals surface area contributed by atoms with Gasteiger partial charge in [-0.25, -0.2) is 0 Å². The van der Waals surface area contributed by atoms with Gasteiger partial charge in [-0.05, 0) is 45.8 Å². The van der Waals surface area contributed by atoms with E-state index in [0.29, 0.717) is 4.90 Å². The van der Waals surface area contributed by atoms with Crippen molar-refractivity contribution >= 4 is 32.9 Å². The summed E-state index contributed by atoms with van der Waals surface area (Å²) >= 11 is 0. The molecule has 0 saturated carbocycles. The van der Waals surface area contributed by atoms with E-state index in [0.717, 1.165) is 21.5 Å². The van der Waals surface area contributed by atoms with Crippen molar-refractivity contribution in [1.29, 1.82) is 0 Å². The molecule has 0 spiro atoms. The quantitative estimate of drug-likeness (QED) is 0.370. The number of hydrogen-bond donors (Lipinski definition) is 0. The van der Waals surface area contributed by atoms with Crippen molar-refractivity contribution in [3.05, 3.63) is 84.9 Å². The van der Waals surface area contributed by atoms with Gasteiger partial charge in [0.25, 0.3) is 0 Å². The Balaban J connectivity index is 1.89. The normalized spacial score (nSPS) is 11.8. The Morgan fingerprint density at radius 3 is 1.32 bits per heavy atom. The third-order valence-corrected chi connectivity index (χ3v) is 4.24. The molecule has 0 atom stereocenters. The van der Waals surface area contributed by atoms with Crippen molar-refractivity contribution in [3.63, 3.8) is 0 Å². The van der Waals surface area contributed by atoms with Gasteiger partial charge in [0.2, 0.25) is 0 Å². The molecule has 1 nitrogen and oxygen atoms in total. The van der Waals surface area contributed by atoms with Gasteiger partial charge in [-0.1, -0.05) is 60.7 Å². The molecule has 0 heterocycles. The Hall–Kier alpha value is -3.01. The van der Waals surface area contributed by atoms with Crippen molar-refractivity contribution in [2.75, 3.05) is 4.90 Å². The van der Waals surface area contributed by atoms with Gasteiger partial charge >= 0.3 is 6.30 Å². The molecule has 0 unspecified atom stereocenters. The lowest BCUT2D eigenvalue weighted by Gasteiger charge is -2.27. The van der Waals surface area contributed by atoms with E-state index in [2.05, 4.69) is 0 Å². The lowest BCUT2D eigenvalue weighted by Crippen LogP contribution is -2.33. The monoisotopic (exact) mass is 337 g/mol. The van der Waals surface area contributed by atoms with Gasteiger partial charge in [0.15, 0.2) is 0 Å². The van der Waals surface area contributed by atoms with E-state index >= 15 is 0 Å². The van der Waals surface area contributed by atoms with Gasteiger partial charge in [0.1, 0.15) is 0 Å². The Labute approximate surface area is 142 Å². The van der Waals surface area contributed by atoms with Crippen LogP contribution in [0.5, 0.6) is 0 Å². The number of anilines is 2. The molecule has 4 aromatic rings. The van der Waals surface area contributed by atoms with E-state index in [1.165, 1.54) is 12.1 Å². The van der Waals surface area contributed by atoms with Crippen LogP contribution < -0.4 is 4.90 Å². The first-order valence-electron chi connectivity index (χ1n) is 7.87. The summed E-state index contributed by atoms with van der Waals surface area (Å²) in [5, 5.41) is 3.36. The highest BCUT2D eigenvalue weighted by atomic mass is 19.4. The fourth-order valence-electron chi connectivity index (χ4n) is 3.07. The minimum atomic E-state index is -4.52. The van der Waals surface area contributed by atoms with Crippen molar-refractivity contribution < 1.29 is 13.2 Å². The molecule has 124 valence electrons. The van der Waals surface area contributed by atoms with E-state index in [4.69, 9.17) is 0 Å². The van der Waals surface area contributed by atoms with Crippen molar-refractivity contribution in [2.45, 2.75) is 6.30 Å². The summed E-state index contributed by atoms with van der Waals surface area (Å²) in [6.45, 7) is 0. The summed E-state index contributed by atoms with van der Waals surface area (Å²) in [7, 11) is 0. The molecular weight excluding hydrogens is 323 g/mol. The Morgan fingerprint density at radius 1 is 0.520 bits per heavy atom. The molecule has 0 saturated heterocycles. The van der Waals surface area contributed by atoms with Crippen molar-refractivity contribution in [2.24, 2.45) is 0 Å². The van der Waals surface area contributed by atoms with Gasteiger partial charge in [-0.2, -0.15) is 0 Å². The van der Waals surface area contributed by atoms with Gasteiger partial charge in [0, 0.05) is 0 Å². The molecule has 4 heteroatoms. The standard InChI is InChI=1S/C21H14F3N/c22-21(23,24)25(19-11-9-15-5-1-3-7-17(15)13-19)20-12-10-16-6-2-4-8-18(16)14-20/h1-14H. The number of halogens is 3. The van der Waals surface area contributed by atoms with E-state index in [-0.39, 0.29) is 11.4 Å². The number of rotatable bonds is 2. The van der Waals surface area contributed by atoms with Crippen LogP contribution in [-0.2, 0) is 0 Å². The number of hydrogen-bond acceptors (Lipinski definition) is 1. The zero-order chi connectivity index (χ0) is 17.4. The molecule has 0 amide bonds. The maximum atomic E-state index is 13.8. The minimum Gasteiger partial charge on any atom is -0.253 e. The summed E-state index contributed by atoms with van der Waals surface area (Å²) in [5.74, 6) is 0. The lowest BCUT2D eigenvalue weighted by atomic mass is 10.1. The smallest absolute Gasteiger partial charge is 0.253 e. The van der Waals surface area contributed by atoms with Crippen LogP contribution in [0.3, 0.4) is 0 Å². The van der Waals surface area contributed by atoms with Crippen LogP contribution in [0, 0.1) is 0 Å². The van der Waals surface area contributed by atoms with Crippen LogP contribution in [0.4, 0.5) is 24.5 Å². The minimum absolute atomic E-state index is 0.0986. The third kappa shape index (κ3) is 2.91. The Bertz CT molecular complexity index is 974. The molecule has 4 rings (SSSR count). The summed E-state index contributed by atoms with van der Waals surface area (Å²) in [6.07, 6.45) is -4.52. The molecular formula is C21H14F3N. The molecule has 25 heavy (non-hydrogen) atoms. The highest BCUT2D eigenvalue weighted by Crippen LogP contribution is 2.38. The highest BCUT2D eigenvalue weighted by molar-refractivity contribution is 5.89. The summed E-state index contributed by atoms with van der Waals surface area (Å²) < 4.78 is 41.5. The number of fused-ring (bicyclic) bond motifs is 2. The first-order valence-corrected chi connectivity index (χ1v) is 7.87. The molecule has 0 aliphatic heterocycles. The van der Waals surface area contributed by atoms with Crippen LogP contribution in [0.25, 0.3) is 21.5 Å². The first kappa shape index (κ1) is 15.5. The topological polar surface area (TPSA) is 3.24 Å². The average molecular weight is 337 g/mol. The molecule has 0 aliphatic carbocycles. The van der Waals surface area contributed by atoms with E-state index < -0.39 is 6.30 Å². The van der Waals surface area contributed by atoms with Crippen LogP contribution >= 0.6 is 0 Å². The number of alkyl halides is 3. The van der Waals surface area contributed by atoms with Gasteiger partial charge in [-0.15, -0.1) is 13.2 Å². The molecule has 0 aliphatic rings. The highest BCUT2D eigenvalue weighted by Gasteiger charge is 2.39. The molecule has 0 aromatic heterocycles. The second kappa shape index (κ2) is 5.81. The van der Waals surface area contributed by atoms with Gasteiger partial charge < -0.3 is 0 Å². The first-order chi connectivity index (χ1) is 12.0. The Morgan fingerprint density at radius 2 is 0.920 bits per heavy atom. The Kier molecular flexibility index (Phi) is 3.61. The van der Waals surface area contributed by atoms with Crippen LogP contribution in [0.1, 0.15) is 0 Å². The van der Waals surface area contributed by atoms with Crippen LogP contribution in [0.15, 0.2) is 84.9 Å². The summed E-state index contributed by atoms with van der Waals surface area (Å²) in [4.78, 5) is 0.422. The second-order valence-electron chi connectivity index (χ2n) is 5.87. The van der Waals surface area contributed by atoms with E-state index in [9.17, 15) is 13.2 Å². The third-order valence-electron chi connectivity index (χ3n) is 4.24. The fraction of sp³-hybridized carbons (Fsp3) is 0.0476. The molecule has 0 bridgehead atoms. The average Bonchev–Trinajstić information content (AvgIpc) is 2.60. The molecule has 0 radical (unpaired) electrons. The van der Waals surface area contributed by atoms with E-state index in [1.54, 1.807) is 24.3 Å². The zero-order valence-corrected chi connectivity index (χ0v) is 13.2. The number of nitrogens with zero attached hydrogens (tertiary/aromatic N) is 1. The van der Waals surface area contributed by atoms with Gasteiger partial charge in [-0.3, -0.25) is 4.90 Å². The summed E-state index contributed by atoms with van der Waals surface area (Å²) in [6, 6.07) is 24.3. The zero-order valence-electron chi connectivity index (χ0n) is 13.2. The molecule has 0 fully saturated rings. The number of benzene rings is 4. The maximum Gasteiger partial charge on any atom is 0.489 e. The predicted octanol–water partition coefficient (Wildman–Crippen LogP) is 6.65. The van der Waals surface area contributed by atoms with Gasteiger partial charge in [0.05, 0.1) is 11.4 Å². The molecule has 4 aromatic carbocycles. The predicted molar refractivity (Wildman–Crippen MR) is 96.1 cm³/mol. The fourth-order valence-corrected chi connectivity index (χ4v) is 3.07. The largest absolute Gasteiger partial charge is 0.489 e. The summed E-state index contributed by atoms with van der Waals surface area (Å²) in [5.41, 5.74) is 0.197. The van der Waals surface area contributed by atoms with Crippen molar-refractivity contribution in [1.82, 2.24) is 0 Å². The lowest BCUT2D eigenvalue weighted by molar-refractivity contribution is -0.120. The van der Waals surface area contributed by atoms with E-state index in [1.807, 2.05) is 48.5 Å². The van der Waals surface area contributed by atoms with Crippen molar-refractivity contribution in [3.8, 4) is 0 Å². The second-order valence-corrected chi connectivity index (χ2v) is 5.87. The van der Waals surface area contributed by atoms with Crippen LogP contribution in [-0.4, -0.2) is 6.30 Å². The molecule has 0 N–H and O–H groups in total.